The maximum Gasteiger partial charge on any atom is 0.270 e. The lowest BCUT2D eigenvalue weighted by Gasteiger charge is -2.36. The van der Waals surface area contributed by atoms with Crippen LogP contribution < -0.4 is 19.5 Å². The molecular weight excluding hydrogens is 412 g/mol. The van der Waals surface area contributed by atoms with Gasteiger partial charge in [-0.15, -0.1) is 0 Å². The average molecular weight is 436 g/mol. The van der Waals surface area contributed by atoms with Crippen LogP contribution in [0.4, 0.5) is 11.4 Å². The Morgan fingerprint density at radius 1 is 1.03 bits per heavy atom. The average Bonchev–Trinajstić information content (AvgIpc) is 2.73. The van der Waals surface area contributed by atoms with E-state index in [-0.39, 0.29) is 10.6 Å². The number of methoxy groups -OCH3 is 2. The van der Waals surface area contributed by atoms with Crippen molar-refractivity contribution in [2.75, 3.05) is 45.3 Å². The van der Waals surface area contributed by atoms with Crippen LogP contribution in [0.1, 0.15) is 5.56 Å². The standard InChI is InChI=1S/C19H24N4O6S/c1-28-17-6-3-14(11-18(17)29-2)13-21-7-9-22(10-8-21)16-5-4-15(23(24)25)12-19(16)30(20,26)27/h3-6,11-12H,7-10,13H2,1-2H3,(H2,20,26,27). The first-order valence-electron chi connectivity index (χ1n) is 9.22. The predicted molar refractivity (Wildman–Crippen MR) is 112 cm³/mol. The lowest BCUT2D eigenvalue weighted by Crippen LogP contribution is -2.46. The van der Waals surface area contributed by atoms with E-state index in [1.807, 2.05) is 23.1 Å². The number of nitro benzene ring substituents is 1. The van der Waals surface area contributed by atoms with Crippen molar-refractivity contribution in [3.05, 3.63) is 52.1 Å². The van der Waals surface area contributed by atoms with Crippen molar-refractivity contribution in [3.63, 3.8) is 0 Å². The summed E-state index contributed by atoms with van der Waals surface area (Å²) >= 11 is 0. The van der Waals surface area contributed by atoms with Crippen LogP contribution in [0, 0.1) is 10.1 Å². The van der Waals surface area contributed by atoms with E-state index < -0.39 is 14.9 Å². The summed E-state index contributed by atoms with van der Waals surface area (Å²) in [6.45, 7) is 3.21. The number of primary sulfonamides is 1. The molecule has 30 heavy (non-hydrogen) atoms. The van der Waals surface area contributed by atoms with Gasteiger partial charge in [0.05, 0.1) is 24.8 Å². The third kappa shape index (κ3) is 4.81. The van der Waals surface area contributed by atoms with Gasteiger partial charge in [0.2, 0.25) is 10.0 Å². The van der Waals surface area contributed by atoms with Gasteiger partial charge in [0, 0.05) is 44.9 Å². The summed E-state index contributed by atoms with van der Waals surface area (Å²) in [5.74, 6) is 1.33. The van der Waals surface area contributed by atoms with Crippen molar-refractivity contribution in [2.45, 2.75) is 11.4 Å². The predicted octanol–water partition coefficient (Wildman–Crippen LogP) is 1.58. The summed E-state index contributed by atoms with van der Waals surface area (Å²) < 4.78 is 34.6. The Morgan fingerprint density at radius 3 is 2.27 bits per heavy atom. The highest BCUT2D eigenvalue weighted by molar-refractivity contribution is 7.89. The second-order valence-corrected chi connectivity index (χ2v) is 8.44. The van der Waals surface area contributed by atoms with Gasteiger partial charge in [0.25, 0.3) is 5.69 Å². The summed E-state index contributed by atoms with van der Waals surface area (Å²) in [4.78, 5) is 14.3. The second kappa shape index (κ2) is 8.86. The molecule has 3 rings (SSSR count). The number of hydrogen-bond acceptors (Lipinski definition) is 8. The van der Waals surface area contributed by atoms with E-state index in [0.29, 0.717) is 49.9 Å². The van der Waals surface area contributed by atoms with Crippen molar-refractivity contribution < 1.29 is 22.8 Å². The van der Waals surface area contributed by atoms with Crippen molar-refractivity contribution in [2.24, 2.45) is 5.14 Å². The number of rotatable bonds is 7. The van der Waals surface area contributed by atoms with E-state index in [0.717, 1.165) is 11.6 Å². The molecule has 0 radical (unpaired) electrons. The molecule has 162 valence electrons. The normalized spacial score (nSPS) is 15.1. The molecule has 11 heteroatoms. The van der Waals surface area contributed by atoms with Crippen LogP contribution in [0.5, 0.6) is 11.5 Å². The Balaban J connectivity index is 1.72. The van der Waals surface area contributed by atoms with Crippen LogP contribution in [-0.2, 0) is 16.6 Å². The Kier molecular flexibility index (Phi) is 6.44. The first kappa shape index (κ1) is 21.8. The fourth-order valence-corrected chi connectivity index (χ4v) is 4.26. The molecular formula is C19H24N4O6S. The molecule has 0 amide bonds. The van der Waals surface area contributed by atoms with E-state index in [4.69, 9.17) is 14.6 Å². The van der Waals surface area contributed by atoms with Gasteiger partial charge in [-0.05, 0) is 23.8 Å². The zero-order chi connectivity index (χ0) is 21.9. The molecule has 0 atom stereocenters. The summed E-state index contributed by atoms with van der Waals surface area (Å²) in [5.41, 5.74) is 1.14. The first-order chi connectivity index (χ1) is 14.2. The number of benzene rings is 2. The van der Waals surface area contributed by atoms with Crippen LogP contribution >= 0.6 is 0 Å². The van der Waals surface area contributed by atoms with E-state index in [1.54, 1.807) is 14.2 Å². The van der Waals surface area contributed by atoms with Crippen molar-refractivity contribution >= 4 is 21.4 Å². The number of hydrogen-bond donors (Lipinski definition) is 1. The maximum atomic E-state index is 12.0. The van der Waals surface area contributed by atoms with Gasteiger partial charge in [-0.1, -0.05) is 6.07 Å². The van der Waals surface area contributed by atoms with Crippen molar-refractivity contribution in [3.8, 4) is 11.5 Å². The van der Waals surface area contributed by atoms with E-state index >= 15 is 0 Å². The van der Waals surface area contributed by atoms with Gasteiger partial charge < -0.3 is 14.4 Å². The van der Waals surface area contributed by atoms with Gasteiger partial charge in [0.15, 0.2) is 11.5 Å². The SMILES string of the molecule is COc1ccc(CN2CCN(c3ccc([N+](=O)[O-])cc3S(N)(=O)=O)CC2)cc1OC. The maximum absolute atomic E-state index is 12.0. The molecule has 1 fully saturated rings. The number of non-ortho nitro benzene ring substituents is 1. The molecule has 2 N–H and O–H groups in total. The van der Waals surface area contributed by atoms with E-state index in [9.17, 15) is 18.5 Å². The fraction of sp³-hybridized carbons (Fsp3) is 0.368. The number of piperazine rings is 1. The lowest BCUT2D eigenvalue weighted by molar-refractivity contribution is -0.385. The number of nitrogens with two attached hydrogens (primary N) is 1. The smallest absolute Gasteiger partial charge is 0.270 e. The highest BCUT2D eigenvalue weighted by atomic mass is 32.2. The molecule has 0 spiro atoms. The van der Waals surface area contributed by atoms with Crippen molar-refractivity contribution in [1.82, 2.24) is 4.90 Å². The molecule has 2 aromatic rings. The fourth-order valence-electron chi connectivity index (χ4n) is 3.49. The van der Waals surface area contributed by atoms with Crippen LogP contribution in [0.3, 0.4) is 0 Å². The van der Waals surface area contributed by atoms with E-state index in [1.165, 1.54) is 12.1 Å². The van der Waals surface area contributed by atoms with Crippen LogP contribution in [0.25, 0.3) is 0 Å². The van der Waals surface area contributed by atoms with Crippen molar-refractivity contribution in [1.29, 1.82) is 0 Å². The number of anilines is 1. The van der Waals surface area contributed by atoms with Crippen LogP contribution in [-0.4, -0.2) is 58.6 Å². The summed E-state index contributed by atoms with van der Waals surface area (Å²) in [6, 6.07) is 9.52. The molecule has 2 aromatic carbocycles. The molecule has 0 aliphatic carbocycles. The molecule has 1 saturated heterocycles. The Labute approximate surface area is 175 Å². The topological polar surface area (TPSA) is 128 Å². The van der Waals surface area contributed by atoms with Crippen LogP contribution in [0.15, 0.2) is 41.3 Å². The molecule has 10 nitrogen and oxygen atoms in total. The number of nitro groups is 1. The summed E-state index contributed by atoms with van der Waals surface area (Å²) in [7, 11) is -0.922. The van der Waals surface area contributed by atoms with Crippen LogP contribution in [0.2, 0.25) is 0 Å². The Hall–Kier alpha value is -2.89. The van der Waals surface area contributed by atoms with Gasteiger partial charge in [-0.2, -0.15) is 0 Å². The minimum absolute atomic E-state index is 0.231. The number of sulfonamides is 1. The zero-order valence-electron chi connectivity index (χ0n) is 16.8. The Morgan fingerprint density at radius 2 is 1.70 bits per heavy atom. The monoisotopic (exact) mass is 436 g/mol. The summed E-state index contributed by atoms with van der Waals surface area (Å²) in [6.07, 6.45) is 0. The number of nitrogens with zero attached hydrogens (tertiary/aromatic N) is 3. The largest absolute Gasteiger partial charge is 0.493 e. The third-order valence-corrected chi connectivity index (χ3v) is 5.97. The lowest BCUT2D eigenvalue weighted by atomic mass is 10.1. The van der Waals surface area contributed by atoms with Gasteiger partial charge in [-0.3, -0.25) is 15.0 Å². The molecule has 1 heterocycles. The molecule has 0 bridgehead atoms. The molecule has 0 unspecified atom stereocenters. The van der Waals surface area contributed by atoms with Gasteiger partial charge in [0.1, 0.15) is 4.90 Å². The third-order valence-electron chi connectivity index (χ3n) is 5.03. The molecule has 0 aromatic heterocycles. The quantitative estimate of drug-likeness (QED) is 0.512. The molecule has 0 saturated carbocycles. The summed E-state index contributed by atoms with van der Waals surface area (Å²) in [5, 5.41) is 16.3. The molecule has 1 aliphatic rings. The highest BCUT2D eigenvalue weighted by Gasteiger charge is 2.25. The first-order valence-corrected chi connectivity index (χ1v) is 10.8. The Bertz CT molecular complexity index is 1040. The second-order valence-electron chi connectivity index (χ2n) is 6.91. The molecule has 1 aliphatic heterocycles. The number of ether oxygens (including phenoxy) is 2. The van der Waals surface area contributed by atoms with Gasteiger partial charge >= 0.3 is 0 Å². The van der Waals surface area contributed by atoms with Gasteiger partial charge in [-0.25, -0.2) is 13.6 Å². The highest BCUT2D eigenvalue weighted by Crippen LogP contribution is 2.31. The minimum atomic E-state index is -4.10. The van der Waals surface area contributed by atoms with E-state index in [2.05, 4.69) is 4.90 Å². The zero-order valence-corrected chi connectivity index (χ0v) is 17.6. The minimum Gasteiger partial charge on any atom is -0.493 e.